The lowest BCUT2D eigenvalue weighted by atomic mass is 10.2. The molecule has 1 aromatic carbocycles. The standard InChI is InChI=1S/C12H12ClN3O/c13-10-7-9(8-14)1-2-11(10)16-5-3-12(17)15-4-6-16/h1-2,7H,3-6H2,(H,15,17). The first-order valence-electron chi connectivity index (χ1n) is 5.42. The third kappa shape index (κ3) is 2.69. The van der Waals surface area contributed by atoms with Crippen molar-refractivity contribution in [3.05, 3.63) is 28.8 Å². The predicted molar refractivity (Wildman–Crippen MR) is 66.0 cm³/mol. The van der Waals surface area contributed by atoms with Gasteiger partial charge in [0.2, 0.25) is 5.91 Å². The molecule has 0 aromatic heterocycles. The molecule has 0 saturated carbocycles. The van der Waals surface area contributed by atoms with Crippen LogP contribution in [0.15, 0.2) is 18.2 Å². The zero-order valence-electron chi connectivity index (χ0n) is 9.24. The van der Waals surface area contributed by atoms with Gasteiger partial charge in [0.25, 0.3) is 0 Å². The van der Waals surface area contributed by atoms with Crippen molar-refractivity contribution in [1.29, 1.82) is 5.26 Å². The Morgan fingerprint density at radius 1 is 1.41 bits per heavy atom. The van der Waals surface area contributed by atoms with Crippen LogP contribution in [-0.4, -0.2) is 25.5 Å². The van der Waals surface area contributed by atoms with E-state index in [4.69, 9.17) is 16.9 Å². The van der Waals surface area contributed by atoms with Gasteiger partial charge in [-0.25, -0.2) is 0 Å². The fraction of sp³-hybridized carbons (Fsp3) is 0.333. The van der Waals surface area contributed by atoms with E-state index in [1.54, 1.807) is 12.1 Å². The number of nitriles is 1. The number of hydrogen-bond acceptors (Lipinski definition) is 3. The minimum atomic E-state index is 0.0669. The molecule has 0 bridgehead atoms. The molecule has 17 heavy (non-hydrogen) atoms. The molecule has 0 spiro atoms. The number of carbonyl (C=O) groups is 1. The molecule has 1 heterocycles. The maximum absolute atomic E-state index is 11.2. The van der Waals surface area contributed by atoms with Crippen LogP contribution in [0.3, 0.4) is 0 Å². The molecule has 0 unspecified atom stereocenters. The highest BCUT2D eigenvalue weighted by atomic mass is 35.5. The Balaban J connectivity index is 2.22. The Morgan fingerprint density at radius 2 is 2.24 bits per heavy atom. The number of amides is 1. The number of nitrogens with zero attached hydrogens (tertiary/aromatic N) is 2. The van der Waals surface area contributed by atoms with Crippen LogP contribution < -0.4 is 10.2 Å². The van der Waals surface area contributed by atoms with Crippen molar-refractivity contribution in [2.45, 2.75) is 6.42 Å². The van der Waals surface area contributed by atoms with E-state index in [1.165, 1.54) is 0 Å². The number of rotatable bonds is 1. The second-order valence-corrected chi connectivity index (χ2v) is 4.27. The van der Waals surface area contributed by atoms with Gasteiger partial charge in [-0.1, -0.05) is 11.6 Å². The summed E-state index contributed by atoms with van der Waals surface area (Å²) in [5, 5.41) is 12.1. The molecule has 88 valence electrons. The highest BCUT2D eigenvalue weighted by Crippen LogP contribution is 2.27. The summed E-state index contributed by atoms with van der Waals surface area (Å²) in [6.07, 6.45) is 0.469. The number of carbonyl (C=O) groups excluding carboxylic acids is 1. The topological polar surface area (TPSA) is 56.1 Å². The van der Waals surface area contributed by atoms with E-state index < -0.39 is 0 Å². The first kappa shape index (κ1) is 11.7. The van der Waals surface area contributed by atoms with Crippen molar-refractivity contribution in [3.8, 4) is 6.07 Å². The minimum absolute atomic E-state index is 0.0669. The average molecular weight is 250 g/mol. The lowest BCUT2D eigenvalue weighted by Gasteiger charge is -2.23. The van der Waals surface area contributed by atoms with Crippen LogP contribution in [0.25, 0.3) is 0 Å². The quantitative estimate of drug-likeness (QED) is 0.821. The molecule has 4 nitrogen and oxygen atoms in total. The molecule has 1 amide bonds. The van der Waals surface area contributed by atoms with E-state index in [2.05, 4.69) is 10.2 Å². The molecule has 1 aromatic rings. The van der Waals surface area contributed by atoms with Crippen molar-refractivity contribution in [2.75, 3.05) is 24.5 Å². The molecular weight excluding hydrogens is 238 g/mol. The fourth-order valence-corrected chi connectivity index (χ4v) is 2.14. The van der Waals surface area contributed by atoms with E-state index in [0.717, 1.165) is 12.2 Å². The number of hydrogen-bond donors (Lipinski definition) is 1. The summed E-state index contributed by atoms with van der Waals surface area (Å²) in [4.78, 5) is 13.3. The van der Waals surface area contributed by atoms with Gasteiger partial charge in [0, 0.05) is 26.1 Å². The van der Waals surface area contributed by atoms with Gasteiger partial charge in [0.15, 0.2) is 0 Å². The molecule has 1 aliphatic rings. The van der Waals surface area contributed by atoms with Crippen LogP contribution >= 0.6 is 11.6 Å². The maximum atomic E-state index is 11.2. The Labute approximate surface area is 105 Å². The summed E-state index contributed by atoms with van der Waals surface area (Å²) in [6, 6.07) is 7.27. The highest BCUT2D eigenvalue weighted by Gasteiger charge is 2.16. The van der Waals surface area contributed by atoms with Crippen LogP contribution in [0.5, 0.6) is 0 Å². The summed E-state index contributed by atoms with van der Waals surface area (Å²) in [6.45, 7) is 2.00. The third-order valence-electron chi connectivity index (χ3n) is 2.73. The van der Waals surface area contributed by atoms with Gasteiger partial charge in [-0.2, -0.15) is 5.26 Å². The SMILES string of the molecule is N#Cc1ccc(N2CCNC(=O)CC2)c(Cl)c1. The molecule has 0 aliphatic carbocycles. The van der Waals surface area contributed by atoms with E-state index in [1.807, 2.05) is 12.1 Å². The average Bonchev–Trinajstić information content (AvgIpc) is 2.54. The van der Waals surface area contributed by atoms with Crippen molar-refractivity contribution >= 4 is 23.2 Å². The second-order valence-electron chi connectivity index (χ2n) is 3.86. The number of anilines is 1. The summed E-state index contributed by atoms with van der Waals surface area (Å²) < 4.78 is 0. The van der Waals surface area contributed by atoms with Crippen molar-refractivity contribution < 1.29 is 4.79 Å². The van der Waals surface area contributed by atoms with Gasteiger partial charge in [-0.3, -0.25) is 4.79 Å². The van der Waals surface area contributed by atoms with Crippen LogP contribution in [0.4, 0.5) is 5.69 Å². The van der Waals surface area contributed by atoms with Gasteiger partial charge in [0.05, 0.1) is 22.3 Å². The lowest BCUT2D eigenvalue weighted by molar-refractivity contribution is -0.120. The molecule has 0 radical (unpaired) electrons. The normalized spacial score (nSPS) is 16.0. The largest absolute Gasteiger partial charge is 0.368 e. The van der Waals surface area contributed by atoms with Crippen LogP contribution in [0.2, 0.25) is 5.02 Å². The summed E-state index contributed by atoms with van der Waals surface area (Å²) in [5.74, 6) is 0.0669. The van der Waals surface area contributed by atoms with Crippen molar-refractivity contribution in [3.63, 3.8) is 0 Å². The fourth-order valence-electron chi connectivity index (χ4n) is 1.84. The van der Waals surface area contributed by atoms with Gasteiger partial charge in [-0.15, -0.1) is 0 Å². The maximum Gasteiger partial charge on any atom is 0.221 e. The Kier molecular flexibility index (Phi) is 3.50. The number of halogens is 1. The van der Waals surface area contributed by atoms with E-state index in [0.29, 0.717) is 30.1 Å². The third-order valence-corrected chi connectivity index (χ3v) is 3.03. The lowest BCUT2D eigenvalue weighted by Crippen LogP contribution is -2.28. The summed E-state index contributed by atoms with van der Waals surface area (Å²) in [5.41, 5.74) is 1.42. The molecule has 1 saturated heterocycles. The summed E-state index contributed by atoms with van der Waals surface area (Å²) >= 11 is 6.13. The van der Waals surface area contributed by atoms with Gasteiger partial charge >= 0.3 is 0 Å². The molecule has 1 fully saturated rings. The van der Waals surface area contributed by atoms with E-state index >= 15 is 0 Å². The van der Waals surface area contributed by atoms with Gasteiger partial charge in [0.1, 0.15) is 0 Å². The van der Waals surface area contributed by atoms with Crippen LogP contribution in [-0.2, 0) is 4.79 Å². The number of benzene rings is 1. The van der Waals surface area contributed by atoms with Gasteiger partial charge < -0.3 is 10.2 Å². The van der Waals surface area contributed by atoms with E-state index in [-0.39, 0.29) is 5.91 Å². The molecule has 5 heteroatoms. The van der Waals surface area contributed by atoms with Crippen molar-refractivity contribution in [2.24, 2.45) is 0 Å². The molecule has 1 N–H and O–H groups in total. The molecule has 0 atom stereocenters. The first-order valence-corrected chi connectivity index (χ1v) is 5.80. The zero-order chi connectivity index (χ0) is 12.3. The van der Waals surface area contributed by atoms with Gasteiger partial charge in [-0.05, 0) is 18.2 Å². The molecule has 2 rings (SSSR count). The minimum Gasteiger partial charge on any atom is -0.368 e. The Bertz CT molecular complexity index is 481. The molecular formula is C12H12ClN3O. The smallest absolute Gasteiger partial charge is 0.221 e. The molecule has 1 aliphatic heterocycles. The Hall–Kier alpha value is -1.73. The highest BCUT2D eigenvalue weighted by molar-refractivity contribution is 6.33. The monoisotopic (exact) mass is 249 g/mol. The van der Waals surface area contributed by atoms with Crippen molar-refractivity contribution in [1.82, 2.24) is 5.32 Å². The van der Waals surface area contributed by atoms with Crippen LogP contribution in [0.1, 0.15) is 12.0 Å². The number of nitrogens with one attached hydrogen (secondary N) is 1. The predicted octanol–water partition coefficient (Wildman–Crippen LogP) is 1.54. The zero-order valence-corrected chi connectivity index (χ0v) is 10.00. The van der Waals surface area contributed by atoms with E-state index in [9.17, 15) is 4.79 Å². The van der Waals surface area contributed by atoms with Crippen LogP contribution in [0, 0.1) is 11.3 Å². The Morgan fingerprint density at radius 3 is 2.94 bits per heavy atom. The first-order chi connectivity index (χ1) is 8.20. The second kappa shape index (κ2) is 5.07. The summed E-state index contributed by atoms with van der Waals surface area (Å²) in [7, 11) is 0.